The van der Waals surface area contributed by atoms with Crippen LogP contribution in [-0.2, 0) is 16.6 Å². The molecule has 0 unspecified atom stereocenters. The van der Waals surface area contributed by atoms with Crippen molar-refractivity contribution in [2.24, 2.45) is 0 Å². The first-order valence-electron chi connectivity index (χ1n) is 7.88. The van der Waals surface area contributed by atoms with Gasteiger partial charge in [-0.2, -0.15) is 4.31 Å². The van der Waals surface area contributed by atoms with Crippen molar-refractivity contribution in [1.29, 1.82) is 0 Å². The Morgan fingerprint density at radius 2 is 1.54 bits per heavy atom. The van der Waals surface area contributed by atoms with Crippen molar-refractivity contribution in [1.82, 2.24) is 4.31 Å². The summed E-state index contributed by atoms with van der Waals surface area (Å²) < 4.78 is 37.5. The summed E-state index contributed by atoms with van der Waals surface area (Å²) in [4.78, 5) is 0.245. The van der Waals surface area contributed by atoms with Gasteiger partial charge in [0.05, 0.1) is 18.1 Å². The fourth-order valence-electron chi connectivity index (χ4n) is 2.30. The molecule has 0 saturated heterocycles. The van der Waals surface area contributed by atoms with Crippen molar-refractivity contribution >= 4 is 10.0 Å². The van der Waals surface area contributed by atoms with Crippen LogP contribution in [0.1, 0.15) is 19.4 Å². The van der Waals surface area contributed by atoms with Gasteiger partial charge >= 0.3 is 0 Å². The van der Waals surface area contributed by atoms with Gasteiger partial charge in [-0.05, 0) is 55.8 Å². The second kappa shape index (κ2) is 8.17. The lowest BCUT2D eigenvalue weighted by Gasteiger charge is -2.18. The highest BCUT2D eigenvalue weighted by atomic mass is 32.2. The molecule has 2 aromatic carbocycles. The lowest BCUT2D eigenvalue weighted by Crippen LogP contribution is -2.26. The zero-order valence-electron chi connectivity index (χ0n) is 14.2. The number of hydrogen-bond donors (Lipinski definition) is 0. The zero-order valence-corrected chi connectivity index (χ0v) is 15.0. The zero-order chi connectivity index (χ0) is 17.6. The van der Waals surface area contributed by atoms with Crippen molar-refractivity contribution in [2.75, 3.05) is 20.3 Å². The highest BCUT2D eigenvalue weighted by molar-refractivity contribution is 7.89. The molecule has 0 aliphatic heterocycles. The van der Waals surface area contributed by atoms with E-state index in [1.54, 1.807) is 31.3 Å². The van der Waals surface area contributed by atoms with E-state index in [2.05, 4.69) is 0 Å². The first-order valence-corrected chi connectivity index (χ1v) is 9.32. The monoisotopic (exact) mass is 349 g/mol. The summed E-state index contributed by atoms with van der Waals surface area (Å²) in [6, 6.07) is 13.9. The fraction of sp³-hybridized carbons (Fsp3) is 0.333. The average molecular weight is 349 g/mol. The second-order valence-corrected chi connectivity index (χ2v) is 7.29. The molecule has 2 rings (SSSR count). The third-order valence-electron chi connectivity index (χ3n) is 3.46. The number of rotatable bonds is 8. The van der Waals surface area contributed by atoms with Crippen molar-refractivity contribution in [3.63, 3.8) is 0 Å². The largest absolute Gasteiger partial charge is 0.494 e. The Morgan fingerprint density at radius 1 is 0.917 bits per heavy atom. The van der Waals surface area contributed by atoms with Crippen LogP contribution in [-0.4, -0.2) is 33.0 Å². The van der Waals surface area contributed by atoms with Crippen LogP contribution >= 0.6 is 0 Å². The number of sulfonamides is 1. The summed E-state index contributed by atoms with van der Waals surface area (Å²) in [7, 11) is -1.99. The molecule has 0 saturated carbocycles. The first-order chi connectivity index (χ1) is 11.5. The standard InChI is InChI=1S/C18H23NO4S/c1-4-22-16-9-11-18(12-10-16)24(20,21)19(3)14-15-7-6-8-17(13-15)23-5-2/h6-13H,4-5,14H2,1-3H3. The molecular weight excluding hydrogens is 326 g/mol. The Balaban J connectivity index is 2.15. The maximum absolute atomic E-state index is 12.7. The van der Waals surface area contributed by atoms with Crippen LogP contribution in [0.25, 0.3) is 0 Å². The Bertz CT molecular complexity index is 757. The van der Waals surface area contributed by atoms with Gasteiger partial charge in [-0.15, -0.1) is 0 Å². The maximum Gasteiger partial charge on any atom is 0.243 e. The fourth-order valence-corrected chi connectivity index (χ4v) is 3.46. The Kier molecular flexibility index (Phi) is 6.23. The summed E-state index contributed by atoms with van der Waals surface area (Å²) in [5.74, 6) is 1.39. The molecule has 24 heavy (non-hydrogen) atoms. The Hall–Kier alpha value is -2.05. The predicted molar refractivity (Wildman–Crippen MR) is 93.9 cm³/mol. The first kappa shape index (κ1) is 18.3. The van der Waals surface area contributed by atoms with Gasteiger partial charge in [0.1, 0.15) is 11.5 Å². The predicted octanol–water partition coefficient (Wildman–Crippen LogP) is 3.30. The molecule has 5 nitrogen and oxygen atoms in total. The van der Waals surface area contributed by atoms with Crippen LogP contribution in [0.3, 0.4) is 0 Å². The van der Waals surface area contributed by atoms with E-state index in [0.717, 1.165) is 11.3 Å². The Labute approximate surface area is 143 Å². The van der Waals surface area contributed by atoms with Crippen LogP contribution in [0, 0.1) is 0 Å². The average Bonchev–Trinajstić information content (AvgIpc) is 2.56. The quantitative estimate of drug-likeness (QED) is 0.734. The molecule has 0 amide bonds. The molecule has 0 aromatic heterocycles. The number of nitrogens with zero attached hydrogens (tertiary/aromatic N) is 1. The van der Waals surface area contributed by atoms with E-state index < -0.39 is 10.0 Å². The molecule has 0 aliphatic rings. The van der Waals surface area contributed by atoms with Crippen LogP contribution in [0.4, 0.5) is 0 Å². The topological polar surface area (TPSA) is 55.8 Å². The molecule has 0 heterocycles. The molecule has 6 heteroatoms. The van der Waals surface area contributed by atoms with E-state index in [1.165, 1.54) is 4.31 Å². The SMILES string of the molecule is CCOc1ccc(S(=O)(=O)N(C)Cc2cccc(OCC)c2)cc1. The van der Waals surface area contributed by atoms with Gasteiger partial charge in [-0.1, -0.05) is 12.1 Å². The minimum absolute atomic E-state index is 0.245. The summed E-state index contributed by atoms with van der Waals surface area (Å²) in [6.07, 6.45) is 0. The maximum atomic E-state index is 12.7. The second-order valence-electron chi connectivity index (χ2n) is 5.25. The van der Waals surface area contributed by atoms with Crippen LogP contribution in [0.2, 0.25) is 0 Å². The van der Waals surface area contributed by atoms with Gasteiger partial charge in [0.2, 0.25) is 10.0 Å². The lowest BCUT2D eigenvalue weighted by molar-refractivity contribution is 0.339. The minimum Gasteiger partial charge on any atom is -0.494 e. The van der Waals surface area contributed by atoms with Gasteiger partial charge in [0.15, 0.2) is 0 Å². The number of hydrogen-bond acceptors (Lipinski definition) is 4. The molecule has 0 radical (unpaired) electrons. The van der Waals surface area contributed by atoms with Crippen molar-refractivity contribution in [3.05, 3.63) is 54.1 Å². The summed E-state index contributed by atoms with van der Waals surface area (Å²) in [6.45, 7) is 5.19. The molecule has 0 bridgehead atoms. The van der Waals surface area contributed by atoms with E-state index in [4.69, 9.17) is 9.47 Å². The van der Waals surface area contributed by atoms with E-state index in [1.807, 2.05) is 38.1 Å². The smallest absolute Gasteiger partial charge is 0.243 e. The number of ether oxygens (including phenoxy) is 2. The van der Waals surface area contributed by atoms with Crippen LogP contribution < -0.4 is 9.47 Å². The van der Waals surface area contributed by atoms with E-state index in [-0.39, 0.29) is 11.4 Å². The van der Waals surface area contributed by atoms with E-state index in [0.29, 0.717) is 19.0 Å². The molecule has 0 aliphatic carbocycles. The van der Waals surface area contributed by atoms with Crippen LogP contribution in [0.15, 0.2) is 53.4 Å². The summed E-state index contributed by atoms with van der Waals surface area (Å²) in [5, 5.41) is 0. The normalized spacial score (nSPS) is 11.5. The van der Waals surface area contributed by atoms with Gasteiger partial charge in [-0.25, -0.2) is 8.42 Å². The number of benzene rings is 2. The van der Waals surface area contributed by atoms with Crippen LogP contribution in [0.5, 0.6) is 11.5 Å². The highest BCUT2D eigenvalue weighted by Gasteiger charge is 2.21. The molecule has 2 aromatic rings. The minimum atomic E-state index is -3.56. The molecule has 0 atom stereocenters. The Morgan fingerprint density at radius 3 is 2.17 bits per heavy atom. The molecule has 0 N–H and O–H groups in total. The molecule has 0 fully saturated rings. The van der Waals surface area contributed by atoms with Gasteiger partial charge in [0.25, 0.3) is 0 Å². The third kappa shape index (κ3) is 4.49. The van der Waals surface area contributed by atoms with Crippen molar-refractivity contribution in [3.8, 4) is 11.5 Å². The van der Waals surface area contributed by atoms with Crippen molar-refractivity contribution < 1.29 is 17.9 Å². The van der Waals surface area contributed by atoms with E-state index >= 15 is 0 Å². The molecular formula is C18H23NO4S. The van der Waals surface area contributed by atoms with E-state index in [9.17, 15) is 8.42 Å². The molecule has 0 spiro atoms. The van der Waals surface area contributed by atoms with Gasteiger partial charge in [-0.3, -0.25) is 0 Å². The summed E-state index contributed by atoms with van der Waals surface area (Å²) >= 11 is 0. The lowest BCUT2D eigenvalue weighted by atomic mass is 10.2. The van der Waals surface area contributed by atoms with Gasteiger partial charge in [0, 0.05) is 13.6 Å². The third-order valence-corrected chi connectivity index (χ3v) is 5.28. The van der Waals surface area contributed by atoms with Crippen molar-refractivity contribution in [2.45, 2.75) is 25.3 Å². The molecule has 130 valence electrons. The summed E-state index contributed by atoms with van der Waals surface area (Å²) in [5.41, 5.74) is 0.873. The van der Waals surface area contributed by atoms with Gasteiger partial charge < -0.3 is 9.47 Å². The highest BCUT2D eigenvalue weighted by Crippen LogP contribution is 2.21.